The Morgan fingerprint density at radius 3 is 1.94 bits per heavy atom. The van der Waals surface area contributed by atoms with Gasteiger partial charge in [-0.15, -0.1) is 0 Å². The molecule has 0 aliphatic rings. The van der Waals surface area contributed by atoms with Crippen LogP contribution in [0.25, 0.3) is 0 Å². The van der Waals surface area contributed by atoms with Crippen LogP contribution < -0.4 is 9.64 Å². The average Bonchev–Trinajstić information content (AvgIpc) is 2.83. The van der Waals surface area contributed by atoms with Crippen LogP contribution in [0.2, 0.25) is 10.0 Å². The summed E-state index contributed by atoms with van der Waals surface area (Å²) in [7, 11) is 1.91. The Balaban J connectivity index is 1.60. The Morgan fingerprint density at radius 2 is 1.32 bits per heavy atom. The lowest BCUT2D eigenvalue weighted by Crippen LogP contribution is -2.10. The number of anilines is 2. The standard InChI is InChI=1S/C27H19Cl2NO4/c1-30(23-11-7-20(28)8-12-23)22-9-5-17(6-10-22)26(31)18-13-19(27(32)33)15-25(14-18)34-24-4-2-3-21(29)16-24/h2-16H,1H3,(H,32,33). The van der Waals surface area contributed by atoms with E-state index in [0.717, 1.165) is 11.4 Å². The molecule has 0 aliphatic heterocycles. The van der Waals surface area contributed by atoms with Crippen molar-refractivity contribution in [3.8, 4) is 11.5 Å². The first-order valence-electron chi connectivity index (χ1n) is 10.3. The minimum Gasteiger partial charge on any atom is -0.478 e. The fraction of sp³-hybridized carbons (Fsp3) is 0.0370. The van der Waals surface area contributed by atoms with Crippen molar-refractivity contribution in [2.24, 2.45) is 0 Å². The van der Waals surface area contributed by atoms with Gasteiger partial charge in [0.05, 0.1) is 5.56 Å². The van der Waals surface area contributed by atoms with E-state index in [9.17, 15) is 14.7 Å². The molecule has 4 rings (SSSR count). The van der Waals surface area contributed by atoms with Gasteiger partial charge in [0.1, 0.15) is 11.5 Å². The quantitative estimate of drug-likeness (QED) is 0.271. The molecule has 0 bridgehead atoms. The largest absolute Gasteiger partial charge is 0.478 e. The van der Waals surface area contributed by atoms with Gasteiger partial charge in [0, 0.05) is 39.6 Å². The highest BCUT2D eigenvalue weighted by molar-refractivity contribution is 6.31. The summed E-state index contributed by atoms with van der Waals surface area (Å²) in [6.07, 6.45) is 0. The number of hydrogen-bond acceptors (Lipinski definition) is 4. The summed E-state index contributed by atoms with van der Waals surface area (Å²) < 4.78 is 5.77. The molecule has 0 saturated heterocycles. The predicted octanol–water partition coefficient (Wildman–Crippen LogP) is 7.48. The Morgan fingerprint density at radius 1 is 0.706 bits per heavy atom. The number of benzene rings is 4. The number of carboxylic acid groups (broad SMARTS) is 1. The molecule has 0 amide bonds. The number of halogens is 2. The molecule has 0 fully saturated rings. The van der Waals surface area contributed by atoms with E-state index in [1.165, 1.54) is 18.2 Å². The number of carboxylic acids is 1. The predicted molar refractivity (Wildman–Crippen MR) is 134 cm³/mol. The molecule has 0 radical (unpaired) electrons. The van der Waals surface area contributed by atoms with E-state index in [-0.39, 0.29) is 22.7 Å². The van der Waals surface area contributed by atoms with Crippen LogP contribution in [0.1, 0.15) is 26.3 Å². The summed E-state index contributed by atoms with van der Waals surface area (Å²) in [5.41, 5.74) is 2.39. The molecular formula is C27H19Cl2NO4. The SMILES string of the molecule is CN(c1ccc(Cl)cc1)c1ccc(C(=O)c2cc(Oc3cccc(Cl)c3)cc(C(=O)O)c2)cc1. The normalized spacial score (nSPS) is 10.6. The van der Waals surface area contributed by atoms with Gasteiger partial charge >= 0.3 is 5.97 Å². The first-order valence-corrected chi connectivity index (χ1v) is 11.0. The number of rotatable bonds is 7. The zero-order chi connectivity index (χ0) is 24.2. The van der Waals surface area contributed by atoms with Crippen LogP contribution in [0.5, 0.6) is 11.5 Å². The first-order chi connectivity index (χ1) is 16.3. The molecule has 1 N–H and O–H groups in total. The Hall–Kier alpha value is -3.80. The van der Waals surface area contributed by atoms with Crippen molar-refractivity contribution in [3.63, 3.8) is 0 Å². The van der Waals surface area contributed by atoms with Crippen molar-refractivity contribution in [2.45, 2.75) is 0 Å². The third kappa shape index (κ3) is 5.39. The van der Waals surface area contributed by atoms with Crippen LogP contribution in [0, 0.1) is 0 Å². The molecule has 4 aromatic carbocycles. The highest BCUT2D eigenvalue weighted by atomic mass is 35.5. The number of carbonyl (C=O) groups excluding carboxylic acids is 1. The number of aromatic carboxylic acids is 1. The highest BCUT2D eigenvalue weighted by Crippen LogP contribution is 2.29. The number of nitrogens with zero attached hydrogens (tertiary/aromatic N) is 1. The van der Waals surface area contributed by atoms with E-state index < -0.39 is 5.97 Å². The smallest absolute Gasteiger partial charge is 0.335 e. The summed E-state index contributed by atoms with van der Waals surface area (Å²) in [6.45, 7) is 0. The van der Waals surface area contributed by atoms with Gasteiger partial charge in [-0.3, -0.25) is 4.79 Å². The Bertz CT molecular complexity index is 1350. The van der Waals surface area contributed by atoms with Crippen LogP contribution in [0.3, 0.4) is 0 Å². The van der Waals surface area contributed by atoms with Gasteiger partial charge in [0.15, 0.2) is 5.78 Å². The Kier molecular flexibility index (Phi) is 6.87. The van der Waals surface area contributed by atoms with Gasteiger partial charge in [-0.25, -0.2) is 4.79 Å². The lowest BCUT2D eigenvalue weighted by atomic mass is 10.0. The molecular weight excluding hydrogens is 473 g/mol. The minimum absolute atomic E-state index is 0.0537. The molecule has 0 atom stereocenters. The van der Waals surface area contributed by atoms with Gasteiger partial charge in [0.25, 0.3) is 0 Å². The second kappa shape index (κ2) is 10.00. The maximum absolute atomic E-state index is 13.2. The second-order valence-corrected chi connectivity index (χ2v) is 8.39. The Labute approximate surface area is 206 Å². The van der Waals surface area contributed by atoms with E-state index in [1.54, 1.807) is 36.4 Å². The van der Waals surface area contributed by atoms with Gasteiger partial charge < -0.3 is 14.7 Å². The fourth-order valence-electron chi connectivity index (χ4n) is 3.40. The van der Waals surface area contributed by atoms with Crippen molar-refractivity contribution < 1.29 is 19.4 Å². The van der Waals surface area contributed by atoms with Gasteiger partial charge in [-0.05, 0) is 84.9 Å². The molecule has 5 nitrogen and oxygen atoms in total. The van der Waals surface area contributed by atoms with Crippen LogP contribution in [0.15, 0.2) is 91.0 Å². The second-order valence-electron chi connectivity index (χ2n) is 7.52. The third-order valence-electron chi connectivity index (χ3n) is 5.18. The lowest BCUT2D eigenvalue weighted by Gasteiger charge is -2.19. The molecule has 0 spiro atoms. The van der Waals surface area contributed by atoms with E-state index in [4.69, 9.17) is 27.9 Å². The van der Waals surface area contributed by atoms with Gasteiger partial charge in [-0.2, -0.15) is 0 Å². The molecule has 0 aliphatic carbocycles. The topological polar surface area (TPSA) is 66.8 Å². The molecule has 0 unspecified atom stereocenters. The van der Waals surface area contributed by atoms with Crippen molar-refractivity contribution in [1.29, 1.82) is 0 Å². The maximum atomic E-state index is 13.2. The first kappa shape index (κ1) is 23.4. The summed E-state index contributed by atoms with van der Waals surface area (Å²) >= 11 is 12.0. The fourth-order valence-corrected chi connectivity index (χ4v) is 3.70. The molecule has 34 heavy (non-hydrogen) atoms. The highest BCUT2D eigenvalue weighted by Gasteiger charge is 2.16. The van der Waals surface area contributed by atoms with Crippen LogP contribution >= 0.6 is 23.2 Å². The number of ether oxygens (including phenoxy) is 1. The van der Waals surface area contributed by atoms with Crippen LogP contribution in [-0.2, 0) is 0 Å². The van der Waals surface area contributed by atoms with E-state index in [1.807, 2.05) is 48.3 Å². The average molecular weight is 492 g/mol. The van der Waals surface area contributed by atoms with Crippen LogP contribution in [-0.4, -0.2) is 23.9 Å². The summed E-state index contributed by atoms with van der Waals surface area (Å²) in [5.74, 6) is -0.821. The summed E-state index contributed by atoms with van der Waals surface area (Å²) in [6, 6.07) is 25.4. The molecule has 4 aromatic rings. The molecule has 0 saturated carbocycles. The molecule has 170 valence electrons. The van der Waals surface area contributed by atoms with Gasteiger partial charge in [0.2, 0.25) is 0 Å². The minimum atomic E-state index is -1.16. The number of hydrogen-bond donors (Lipinski definition) is 1. The van der Waals surface area contributed by atoms with Crippen molar-refractivity contribution in [3.05, 3.63) is 118 Å². The maximum Gasteiger partial charge on any atom is 0.335 e. The van der Waals surface area contributed by atoms with Crippen molar-refractivity contribution >= 4 is 46.3 Å². The van der Waals surface area contributed by atoms with Gasteiger partial charge in [-0.1, -0.05) is 29.3 Å². The van der Waals surface area contributed by atoms with Crippen molar-refractivity contribution in [2.75, 3.05) is 11.9 Å². The zero-order valence-electron chi connectivity index (χ0n) is 18.0. The van der Waals surface area contributed by atoms with E-state index in [0.29, 0.717) is 21.4 Å². The van der Waals surface area contributed by atoms with E-state index in [2.05, 4.69) is 0 Å². The lowest BCUT2D eigenvalue weighted by molar-refractivity contribution is 0.0696. The summed E-state index contributed by atoms with van der Waals surface area (Å²) in [4.78, 5) is 26.8. The molecule has 0 heterocycles. The molecule has 7 heteroatoms. The zero-order valence-corrected chi connectivity index (χ0v) is 19.5. The van der Waals surface area contributed by atoms with Crippen molar-refractivity contribution in [1.82, 2.24) is 0 Å². The van der Waals surface area contributed by atoms with Crippen LogP contribution in [0.4, 0.5) is 11.4 Å². The van der Waals surface area contributed by atoms with E-state index >= 15 is 0 Å². The summed E-state index contributed by atoms with van der Waals surface area (Å²) in [5, 5.41) is 10.6. The third-order valence-corrected chi connectivity index (χ3v) is 5.67. The monoisotopic (exact) mass is 491 g/mol. The molecule has 0 aromatic heterocycles. The number of carbonyl (C=O) groups is 2. The number of ketones is 1.